The summed E-state index contributed by atoms with van der Waals surface area (Å²) >= 11 is 0. The molecule has 0 saturated heterocycles. The number of rotatable bonds is 5. The predicted molar refractivity (Wildman–Crippen MR) is 102 cm³/mol. The van der Waals surface area contributed by atoms with E-state index in [2.05, 4.69) is 15.8 Å². The molecule has 0 radical (unpaired) electrons. The summed E-state index contributed by atoms with van der Waals surface area (Å²) in [7, 11) is -1.90. The summed E-state index contributed by atoms with van der Waals surface area (Å²) in [6.07, 6.45) is 5.14. The molecule has 1 aliphatic rings. The van der Waals surface area contributed by atoms with Crippen LogP contribution in [-0.2, 0) is 10.0 Å². The number of methoxy groups -OCH3 is 1. The molecule has 134 valence electrons. The van der Waals surface area contributed by atoms with Crippen LogP contribution in [0.4, 0.5) is 5.69 Å². The molecular formula is C19H19N3O3S. The smallest absolute Gasteiger partial charge is 0.229 e. The van der Waals surface area contributed by atoms with Crippen LogP contribution in [0.25, 0.3) is 22.3 Å². The highest BCUT2D eigenvalue weighted by molar-refractivity contribution is 7.92. The maximum atomic E-state index is 11.7. The normalized spacial score (nSPS) is 14.4. The lowest BCUT2D eigenvalue weighted by molar-refractivity contribution is 0.417. The van der Waals surface area contributed by atoms with Crippen LogP contribution in [0.1, 0.15) is 24.3 Å². The van der Waals surface area contributed by atoms with Gasteiger partial charge in [-0.25, -0.2) is 13.4 Å². The Bertz CT molecular complexity index is 1080. The van der Waals surface area contributed by atoms with Gasteiger partial charge in [0.2, 0.25) is 10.0 Å². The van der Waals surface area contributed by atoms with Crippen molar-refractivity contribution in [3.05, 3.63) is 48.2 Å². The number of benzene rings is 1. The van der Waals surface area contributed by atoms with Crippen molar-refractivity contribution in [2.45, 2.75) is 18.8 Å². The molecule has 0 atom stereocenters. The van der Waals surface area contributed by atoms with E-state index in [1.54, 1.807) is 12.3 Å². The molecular weight excluding hydrogens is 350 g/mol. The molecule has 3 aromatic rings. The van der Waals surface area contributed by atoms with Crippen LogP contribution in [0.15, 0.2) is 42.6 Å². The van der Waals surface area contributed by atoms with Gasteiger partial charge in [-0.15, -0.1) is 0 Å². The predicted octanol–water partition coefficient (Wildman–Crippen LogP) is 3.55. The van der Waals surface area contributed by atoms with Gasteiger partial charge in [-0.1, -0.05) is 6.07 Å². The van der Waals surface area contributed by atoms with Gasteiger partial charge < -0.3 is 4.74 Å². The molecule has 0 aliphatic heterocycles. The van der Waals surface area contributed by atoms with E-state index in [9.17, 15) is 8.42 Å². The van der Waals surface area contributed by atoms with E-state index in [4.69, 9.17) is 9.72 Å². The van der Waals surface area contributed by atoms with Crippen LogP contribution in [0.5, 0.6) is 5.75 Å². The van der Waals surface area contributed by atoms with Crippen molar-refractivity contribution in [2.75, 3.05) is 18.1 Å². The molecule has 0 amide bonds. The highest BCUT2D eigenvalue weighted by Crippen LogP contribution is 2.45. The summed E-state index contributed by atoms with van der Waals surface area (Å²) in [5, 5.41) is 0.989. The third-order valence-electron chi connectivity index (χ3n) is 4.40. The number of nitrogens with zero attached hydrogens (tertiary/aromatic N) is 2. The number of ether oxygens (including phenoxy) is 1. The average Bonchev–Trinajstić information content (AvgIpc) is 3.44. The molecule has 1 fully saturated rings. The van der Waals surface area contributed by atoms with Crippen LogP contribution < -0.4 is 9.46 Å². The summed E-state index contributed by atoms with van der Waals surface area (Å²) in [5.41, 5.74) is 3.90. The maximum Gasteiger partial charge on any atom is 0.229 e. The topological polar surface area (TPSA) is 81.2 Å². The van der Waals surface area contributed by atoms with Gasteiger partial charge in [0.05, 0.1) is 36.0 Å². The van der Waals surface area contributed by atoms with Crippen molar-refractivity contribution in [3.8, 4) is 17.1 Å². The van der Waals surface area contributed by atoms with E-state index < -0.39 is 10.0 Å². The van der Waals surface area contributed by atoms with Gasteiger partial charge in [0.25, 0.3) is 0 Å². The molecule has 1 aliphatic carbocycles. The number of aromatic nitrogens is 2. The van der Waals surface area contributed by atoms with Gasteiger partial charge >= 0.3 is 0 Å². The average molecular weight is 369 g/mol. The zero-order valence-corrected chi connectivity index (χ0v) is 15.4. The first-order valence-corrected chi connectivity index (χ1v) is 10.3. The summed E-state index contributed by atoms with van der Waals surface area (Å²) in [6.45, 7) is 0. The fourth-order valence-electron chi connectivity index (χ4n) is 3.11. The minimum absolute atomic E-state index is 0.384. The Labute approximate surface area is 152 Å². The number of hydrogen-bond donors (Lipinski definition) is 1. The molecule has 0 bridgehead atoms. The Hall–Kier alpha value is -2.67. The number of pyridine rings is 2. The Balaban J connectivity index is 1.95. The number of fused-ring (bicyclic) bond motifs is 1. The minimum Gasteiger partial charge on any atom is -0.495 e. The van der Waals surface area contributed by atoms with E-state index in [-0.39, 0.29) is 0 Å². The minimum atomic E-state index is -3.42. The van der Waals surface area contributed by atoms with Gasteiger partial charge in [0, 0.05) is 11.6 Å². The summed E-state index contributed by atoms with van der Waals surface area (Å²) in [6, 6.07) is 11.4. The van der Waals surface area contributed by atoms with Crippen molar-refractivity contribution < 1.29 is 13.2 Å². The molecule has 0 spiro atoms. The van der Waals surface area contributed by atoms with Crippen molar-refractivity contribution in [1.82, 2.24) is 9.97 Å². The fourth-order valence-corrected chi connectivity index (χ4v) is 3.66. The highest BCUT2D eigenvalue weighted by Gasteiger charge is 2.27. The Morgan fingerprint density at radius 3 is 2.58 bits per heavy atom. The van der Waals surface area contributed by atoms with Gasteiger partial charge in [0.15, 0.2) is 0 Å². The van der Waals surface area contributed by atoms with E-state index in [0.29, 0.717) is 17.4 Å². The van der Waals surface area contributed by atoms with E-state index in [1.165, 1.54) is 12.7 Å². The third kappa shape index (κ3) is 3.35. The van der Waals surface area contributed by atoms with E-state index in [1.807, 2.05) is 24.3 Å². The van der Waals surface area contributed by atoms with Crippen molar-refractivity contribution in [3.63, 3.8) is 0 Å². The van der Waals surface area contributed by atoms with Crippen LogP contribution in [0.2, 0.25) is 0 Å². The number of anilines is 1. The zero-order valence-electron chi connectivity index (χ0n) is 14.6. The quantitative estimate of drug-likeness (QED) is 0.744. The molecule has 1 saturated carbocycles. The van der Waals surface area contributed by atoms with Crippen LogP contribution in [0, 0.1) is 0 Å². The molecule has 2 heterocycles. The summed E-state index contributed by atoms with van der Waals surface area (Å²) in [4.78, 5) is 9.12. The standard InChI is InChI=1S/C19H19N3O3S/c1-25-19-10-14-13(12-6-7-12)9-17(15-5-3-4-8-20-15)21-16(14)11-18(19)22-26(2,23)24/h3-5,8-12,22H,6-7H2,1-2H3. The SMILES string of the molecule is COc1cc2c(C3CC3)cc(-c3ccccn3)nc2cc1NS(C)(=O)=O. The van der Waals surface area contributed by atoms with E-state index >= 15 is 0 Å². The number of nitrogens with one attached hydrogen (secondary N) is 1. The van der Waals surface area contributed by atoms with Crippen LogP contribution >= 0.6 is 0 Å². The summed E-state index contributed by atoms with van der Waals surface area (Å²) < 4.78 is 31.3. The van der Waals surface area contributed by atoms with Gasteiger partial charge in [-0.2, -0.15) is 0 Å². The molecule has 0 unspecified atom stereocenters. The second-order valence-electron chi connectivity index (χ2n) is 6.53. The second-order valence-corrected chi connectivity index (χ2v) is 8.28. The molecule has 4 rings (SSSR count). The van der Waals surface area contributed by atoms with E-state index in [0.717, 1.165) is 41.4 Å². The van der Waals surface area contributed by atoms with Gasteiger partial charge in [0.1, 0.15) is 5.75 Å². The molecule has 7 heteroatoms. The van der Waals surface area contributed by atoms with Gasteiger partial charge in [-0.3, -0.25) is 9.71 Å². The number of sulfonamides is 1. The lowest BCUT2D eigenvalue weighted by atomic mass is 10.0. The molecule has 6 nitrogen and oxygen atoms in total. The first kappa shape index (κ1) is 16.8. The first-order chi connectivity index (χ1) is 12.4. The zero-order chi connectivity index (χ0) is 18.3. The molecule has 26 heavy (non-hydrogen) atoms. The second kappa shape index (κ2) is 6.25. The number of hydrogen-bond acceptors (Lipinski definition) is 5. The van der Waals surface area contributed by atoms with Crippen LogP contribution in [-0.4, -0.2) is 31.8 Å². The Morgan fingerprint density at radius 1 is 1.15 bits per heavy atom. The van der Waals surface area contributed by atoms with Crippen LogP contribution in [0.3, 0.4) is 0 Å². The highest BCUT2D eigenvalue weighted by atomic mass is 32.2. The third-order valence-corrected chi connectivity index (χ3v) is 4.99. The molecule has 1 N–H and O–H groups in total. The molecule has 2 aromatic heterocycles. The Morgan fingerprint density at radius 2 is 1.96 bits per heavy atom. The lowest BCUT2D eigenvalue weighted by Crippen LogP contribution is -2.10. The molecule has 1 aromatic carbocycles. The van der Waals surface area contributed by atoms with Crippen molar-refractivity contribution in [1.29, 1.82) is 0 Å². The first-order valence-electron chi connectivity index (χ1n) is 8.36. The van der Waals surface area contributed by atoms with Crippen molar-refractivity contribution in [2.24, 2.45) is 0 Å². The van der Waals surface area contributed by atoms with Gasteiger partial charge in [-0.05, 0) is 54.7 Å². The summed E-state index contributed by atoms with van der Waals surface area (Å²) in [5.74, 6) is 0.985. The Kier molecular flexibility index (Phi) is 4.03. The fraction of sp³-hybridized carbons (Fsp3) is 0.263. The van der Waals surface area contributed by atoms with Crippen molar-refractivity contribution >= 4 is 26.6 Å². The largest absolute Gasteiger partial charge is 0.495 e. The maximum absolute atomic E-state index is 11.7. The monoisotopic (exact) mass is 369 g/mol. The lowest BCUT2D eigenvalue weighted by Gasteiger charge is -2.14.